The van der Waals surface area contributed by atoms with Crippen LogP contribution in [-0.4, -0.2) is 25.8 Å². The van der Waals surface area contributed by atoms with Gasteiger partial charge in [0.1, 0.15) is 0 Å². The summed E-state index contributed by atoms with van der Waals surface area (Å²) in [5.74, 6) is 0.298. The molecule has 0 saturated carbocycles. The Morgan fingerprint density at radius 3 is 2.09 bits per heavy atom. The molecule has 11 heavy (non-hydrogen) atoms. The fraction of sp³-hybridized carbons (Fsp3) is 0.875. The molecule has 1 amide bonds. The fourth-order valence-corrected chi connectivity index (χ4v) is 1.62. The molecule has 0 saturated heterocycles. The number of carbonyl (C=O) groups excluding carboxylic acids is 1. The van der Waals surface area contributed by atoms with Gasteiger partial charge < -0.3 is 4.57 Å². The van der Waals surface area contributed by atoms with Gasteiger partial charge in [-0.25, -0.2) is 0 Å². The highest BCUT2D eigenvalue weighted by atomic mass is 28.3. The maximum atomic E-state index is 11.4. The number of carbonyl (C=O) groups is 1. The zero-order chi connectivity index (χ0) is 9.07. The van der Waals surface area contributed by atoms with E-state index in [2.05, 4.69) is 19.6 Å². The van der Waals surface area contributed by atoms with Crippen LogP contribution in [0.3, 0.4) is 0 Å². The molecule has 0 fully saturated rings. The SMILES string of the molecule is CCCC(=O)N(C)[Si](C)(C)C. The van der Waals surface area contributed by atoms with Gasteiger partial charge in [0, 0.05) is 13.5 Å². The number of hydrogen-bond acceptors (Lipinski definition) is 1. The van der Waals surface area contributed by atoms with Crippen molar-refractivity contribution in [3.63, 3.8) is 0 Å². The second kappa shape index (κ2) is 3.90. The third-order valence-electron chi connectivity index (χ3n) is 1.84. The second-order valence-electron chi connectivity index (χ2n) is 3.87. The summed E-state index contributed by atoms with van der Waals surface area (Å²) in [5.41, 5.74) is 0. The minimum atomic E-state index is -1.38. The molecule has 0 bridgehead atoms. The minimum Gasteiger partial charge on any atom is -0.373 e. The fourth-order valence-electron chi connectivity index (χ4n) is 0.756. The minimum absolute atomic E-state index is 0.298. The van der Waals surface area contributed by atoms with Crippen LogP contribution in [0.25, 0.3) is 0 Å². The van der Waals surface area contributed by atoms with Gasteiger partial charge in [-0.3, -0.25) is 4.79 Å². The Bertz CT molecular complexity index is 140. The van der Waals surface area contributed by atoms with Gasteiger partial charge in [0.25, 0.3) is 0 Å². The van der Waals surface area contributed by atoms with Crippen molar-refractivity contribution in [2.75, 3.05) is 7.05 Å². The van der Waals surface area contributed by atoms with Gasteiger partial charge in [0.15, 0.2) is 8.24 Å². The molecule has 2 nitrogen and oxygen atoms in total. The summed E-state index contributed by atoms with van der Waals surface area (Å²) >= 11 is 0. The maximum absolute atomic E-state index is 11.4. The number of rotatable bonds is 3. The van der Waals surface area contributed by atoms with Crippen LogP contribution in [0.1, 0.15) is 19.8 Å². The maximum Gasteiger partial charge on any atom is 0.214 e. The van der Waals surface area contributed by atoms with E-state index in [1.54, 1.807) is 0 Å². The molecule has 0 aliphatic heterocycles. The monoisotopic (exact) mass is 173 g/mol. The molecule has 0 heterocycles. The van der Waals surface area contributed by atoms with Crippen molar-refractivity contribution in [3.8, 4) is 0 Å². The van der Waals surface area contributed by atoms with Gasteiger partial charge >= 0.3 is 0 Å². The number of amides is 1. The summed E-state index contributed by atoms with van der Waals surface area (Å²) in [6.45, 7) is 8.58. The van der Waals surface area contributed by atoms with Crippen molar-refractivity contribution in [1.29, 1.82) is 0 Å². The summed E-state index contributed by atoms with van der Waals surface area (Å²) in [5, 5.41) is 0. The highest BCUT2D eigenvalue weighted by molar-refractivity contribution is 6.75. The van der Waals surface area contributed by atoms with Gasteiger partial charge in [-0.15, -0.1) is 0 Å². The van der Waals surface area contributed by atoms with Crippen molar-refractivity contribution in [2.24, 2.45) is 0 Å². The van der Waals surface area contributed by atoms with Crippen LogP contribution in [0.15, 0.2) is 0 Å². The molecule has 0 aromatic carbocycles. The molecule has 0 rings (SSSR count). The van der Waals surface area contributed by atoms with Gasteiger partial charge in [-0.2, -0.15) is 0 Å². The molecular formula is C8H19NOSi. The average molecular weight is 173 g/mol. The first-order chi connectivity index (χ1) is 4.89. The molecule has 0 aliphatic rings. The predicted octanol–water partition coefficient (Wildman–Crippen LogP) is 2.08. The molecule has 0 aromatic rings. The van der Waals surface area contributed by atoms with Crippen molar-refractivity contribution in [2.45, 2.75) is 39.4 Å². The molecule has 0 N–H and O–H groups in total. The van der Waals surface area contributed by atoms with E-state index in [1.165, 1.54) is 0 Å². The van der Waals surface area contributed by atoms with Crippen molar-refractivity contribution in [1.82, 2.24) is 4.57 Å². The molecule has 0 aliphatic carbocycles. The smallest absolute Gasteiger partial charge is 0.214 e. The van der Waals surface area contributed by atoms with Crippen LogP contribution in [0.5, 0.6) is 0 Å². The summed E-state index contributed by atoms with van der Waals surface area (Å²) in [6.07, 6.45) is 1.65. The Hall–Kier alpha value is -0.313. The Morgan fingerprint density at radius 1 is 1.36 bits per heavy atom. The lowest BCUT2D eigenvalue weighted by atomic mass is 10.3. The molecule has 0 unspecified atom stereocenters. The van der Waals surface area contributed by atoms with Crippen LogP contribution in [0.2, 0.25) is 19.6 Å². The molecule has 0 aromatic heterocycles. The van der Waals surface area contributed by atoms with E-state index in [4.69, 9.17) is 0 Å². The molecule has 0 radical (unpaired) electrons. The Labute approximate surface area is 70.7 Å². The highest BCUT2D eigenvalue weighted by Gasteiger charge is 2.23. The molecular weight excluding hydrogens is 154 g/mol. The Kier molecular flexibility index (Phi) is 3.79. The van der Waals surface area contributed by atoms with Crippen LogP contribution < -0.4 is 0 Å². The molecule has 0 atom stereocenters. The van der Waals surface area contributed by atoms with Crippen LogP contribution in [0, 0.1) is 0 Å². The lowest BCUT2D eigenvalue weighted by Gasteiger charge is -2.30. The summed E-state index contributed by atoms with van der Waals surface area (Å²) in [6, 6.07) is 0. The Morgan fingerprint density at radius 2 is 1.82 bits per heavy atom. The zero-order valence-corrected chi connectivity index (χ0v) is 9.27. The van der Waals surface area contributed by atoms with Crippen LogP contribution in [0.4, 0.5) is 0 Å². The lowest BCUT2D eigenvalue weighted by Crippen LogP contribution is -2.46. The van der Waals surface area contributed by atoms with Crippen LogP contribution >= 0.6 is 0 Å². The zero-order valence-electron chi connectivity index (χ0n) is 8.27. The van der Waals surface area contributed by atoms with Crippen LogP contribution in [-0.2, 0) is 4.79 Å². The number of hydrogen-bond donors (Lipinski definition) is 0. The van der Waals surface area contributed by atoms with Gasteiger partial charge in [-0.05, 0) is 6.42 Å². The van der Waals surface area contributed by atoms with Gasteiger partial charge in [0.2, 0.25) is 5.91 Å². The van der Waals surface area contributed by atoms with Gasteiger partial charge in [-0.1, -0.05) is 26.6 Å². The quantitative estimate of drug-likeness (QED) is 0.598. The third kappa shape index (κ3) is 3.56. The van der Waals surface area contributed by atoms with E-state index in [9.17, 15) is 4.79 Å². The number of nitrogens with zero attached hydrogens (tertiary/aromatic N) is 1. The standard InChI is InChI=1S/C8H19NOSi/c1-6-7-8(10)9(2)11(3,4)5/h6-7H2,1-5H3. The van der Waals surface area contributed by atoms with E-state index in [1.807, 2.05) is 18.5 Å². The van der Waals surface area contributed by atoms with E-state index in [0.29, 0.717) is 12.3 Å². The third-order valence-corrected chi connectivity index (χ3v) is 4.11. The summed E-state index contributed by atoms with van der Waals surface area (Å²) in [4.78, 5) is 11.4. The molecule has 66 valence electrons. The van der Waals surface area contributed by atoms with Gasteiger partial charge in [0.05, 0.1) is 0 Å². The van der Waals surface area contributed by atoms with E-state index < -0.39 is 8.24 Å². The van der Waals surface area contributed by atoms with E-state index >= 15 is 0 Å². The normalized spacial score (nSPS) is 11.4. The summed E-state index contributed by atoms with van der Waals surface area (Å²) in [7, 11) is 0.544. The molecule has 3 heteroatoms. The van der Waals surface area contributed by atoms with E-state index in [-0.39, 0.29) is 0 Å². The highest BCUT2D eigenvalue weighted by Crippen LogP contribution is 2.08. The van der Waals surface area contributed by atoms with E-state index in [0.717, 1.165) is 6.42 Å². The largest absolute Gasteiger partial charge is 0.373 e. The van der Waals surface area contributed by atoms with Crippen molar-refractivity contribution >= 4 is 14.1 Å². The first-order valence-electron chi connectivity index (χ1n) is 4.16. The summed E-state index contributed by atoms with van der Waals surface area (Å²) < 4.78 is 1.94. The second-order valence-corrected chi connectivity index (χ2v) is 8.89. The average Bonchev–Trinajstić information content (AvgIpc) is 1.85. The topological polar surface area (TPSA) is 20.3 Å². The predicted molar refractivity (Wildman–Crippen MR) is 51.0 cm³/mol. The first-order valence-corrected chi connectivity index (χ1v) is 7.61. The molecule has 0 spiro atoms. The first kappa shape index (κ1) is 10.7. The Balaban J connectivity index is 4.03. The lowest BCUT2D eigenvalue weighted by molar-refractivity contribution is -0.126. The van der Waals surface area contributed by atoms with Crippen molar-refractivity contribution in [3.05, 3.63) is 0 Å². The van der Waals surface area contributed by atoms with Crippen molar-refractivity contribution < 1.29 is 4.79 Å².